The van der Waals surface area contributed by atoms with Gasteiger partial charge in [0.15, 0.2) is 0 Å². The van der Waals surface area contributed by atoms with Crippen molar-refractivity contribution in [2.75, 3.05) is 32.8 Å². The molecule has 0 radical (unpaired) electrons. The molecule has 1 rings (SSSR count). The minimum absolute atomic E-state index is 0.256. The highest BCUT2D eigenvalue weighted by molar-refractivity contribution is 7.98. The summed E-state index contributed by atoms with van der Waals surface area (Å²) in [5, 5.41) is 3.56. The molecule has 1 aromatic rings. The van der Waals surface area contributed by atoms with Crippen LogP contribution in [-0.4, -0.2) is 32.8 Å². The van der Waals surface area contributed by atoms with E-state index in [9.17, 15) is 0 Å². The van der Waals surface area contributed by atoms with Crippen molar-refractivity contribution in [2.24, 2.45) is 0 Å². The van der Waals surface area contributed by atoms with E-state index in [-0.39, 0.29) is 6.04 Å². The largest absolute Gasteiger partial charge is 0.496 e. The summed E-state index contributed by atoms with van der Waals surface area (Å²) in [6, 6.07) is 6.18. The van der Waals surface area contributed by atoms with Gasteiger partial charge in [0.2, 0.25) is 0 Å². The summed E-state index contributed by atoms with van der Waals surface area (Å²) >= 11 is 1.82. The van der Waals surface area contributed by atoms with Crippen LogP contribution in [0.4, 0.5) is 0 Å². The molecule has 3 nitrogen and oxygen atoms in total. The van der Waals surface area contributed by atoms with Gasteiger partial charge in [-0.1, -0.05) is 13.0 Å². The molecule has 0 bridgehead atoms. The Hall–Kier alpha value is -0.870. The monoisotopic (exact) mass is 269 g/mol. The van der Waals surface area contributed by atoms with Crippen LogP contribution in [0.15, 0.2) is 18.2 Å². The van der Waals surface area contributed by atoms with E-state index in [1.165, 1.54) is 0 Å². The Bertz CT molecular complexity index is 335. The molecule has 0 saturated carbocycles. The van der Waals surface area contributed by atoms with Crippen LogP contribution in [0.5, 0.6) is 11.5 Å². The summed E-state index contributed by atoms with van der Waals surface area (Å²) in [5.41, 5.74) is 1.12. The maximum absolute atomic E-state index is 5.47. The Morgan fingerprint density at radius 3 is 2.28 bits per heavy atom. The van der Waals surface area contributed by atoms with Gasteiger partial charge in [0.05, 0.1) is 19.8 Å². The summed E-state index contributed by atoms with van der Waals surface area (Å²) in [5.74, 6) is 2.77. The fourth-order valence-electron chi connectivity index (χ4n) is 1.95. The molecule has 0 amide bonds. The third-order valence-corrected chi connectivity index (χ3v) is 3.46. The number of benzene rings is 1. The van der Waals surface area contributed by atoms with Crippen LogP contribution in [0.1, 0.15) is 24.9 Å². The molecule has 1 aromatic carbocycles. The topological polar surface area (TPSA) is 30.5 Å². The molecular formula is C14H23NO2S. The number of ether oxygens (including phenoxy) is 2. The van der Waals surface area contributed by atoms with Gasteiger partial charge >= 0.3 is 0 Å². The average Bonchev–Trinajstić information content (AvgIpc) is 2.42. The summed E-state index contributed by atoms with van der Waals surface area (Å²) in [6.45, 7) is 3.16. The number of nitrogens with one attached hydrogen (secondary N) is 1. The first-order valence-electron chi connectivity index (χ1n) is 6.21. The zero-order valence-electron chi connectivity index (χ0n) is 11.7. The standard InChI is InChI=1S/C14H23NO2S/c1-5-9-15-11(10-18-4)14-12(16-2)7-6-8-13(14)17-3/h6-8,11,15H,5,9-10H2,1-4H3. The van der Waals surface area contributed by atoms with Gasteiger partial charge in [0, 0.05) is 11.8 Å². The van der Waals surface area contributed by atoms with Gasteiger partial charge in [-0.25, -0.2) is 0 Å². The average molecular weight is 269 g/mol. The highest BCUT2D eigenvalue weighted by Gasteiger charge is 2.19. The van der Waals surface area contributed by atoms with Crippen LogP contribution < -0.4 is 14.8 Å². The van der Waals surface area contributed by atoms with Crippen LogP contribution in [-0.2, 0) is 0 Å². The van der Waals surface area contributed by atoms with Crippen molar-refractivity contribution in [1.82, 2.24) is 5.32 Å². The summed E-state index contributed by atoms with van der Waals surface area (Å²) in [6.07, 6.45) is 3.23. The molecule has 1 unspecified atom stereocenters. The van der Waals surface area contributed by atoms with Crippen molar-refractivity contribution < 1.29 is 9.47 Å². The zero-order valence-corrected chi connectivity index (χ0v) is 12.5. The molecule has 0 saturated heterocycles. The molecule has 0 aliphatic heterocycles. The number of rotatable bonds is 8. The predicted octanol–water partition coefficient (Wildman–Crippen LogP) is 3.11. The third-order valence-electron chi connectivity index (χ3n) is 2.79. The minimum atomic E-state index is 0.256. The molecule has 0 aromatic heterocycles. The molecule has 4 heteroatoms. The third kappa shape index (κ3) is 3.82. The minimum Gasteiger partial charge on any atom is -0.496 e. The van der Waals surface area contributed by atoms with Crippen LogP contribution >= 0.6 is 11.8 Å². The van der Waals surface area contributed by atoms with E-state index < -0.39 is 0 Å². The molecule has 0 spiro atoms. The maximum Gasteiger partial charge on any atom is 0.127 e. The Labute approximate surface area is 114 Å². The molecule has 0 fully saturated rings. The zero-order chi connectivity index (χ0) is 13.4. The molecule has 0 aliphatic rings. The van der Waals surface area contributed by atoms with Crippen molar-refractivity contribution in [2.45, 2.75) is 19.4 Å². The van der Waals surface area contributed by atoms with Gasteiger partial charge in [-0.05, 0) is 31.4 Å². The van der Waals surface area contributed by atoms with E-state index in [4.69, 9.17) is 9.47 Å². The fraction of sp³-hybridized carbons (Fsp3) is 0.571. The molecule has 1 atom stereocenters. The lowest BCUT2D eigenvalue weighted by Crippen LogP contribution is -2.25. The van der Waals surface area contributed by atoms with E-state index in [0.717, 1.165) is 35.8 Å². The SMILES string of the molecule is CCCNC(CSC)c1c(OC)cccc1OC. The van der Waals surface area contributed by atoms with Gasteiger partial charge in [0.25, 0.3) is 0 Å². The lowest BCUT2D eigenvalue weighted by molar-refractivity contribution is 0.374. The molecule has 18 heavy (non-hydrogen) atoms. The lowest BCUT2D eigenvalue weighted by Gasteiger charge is -2.22. The second-order valence-electron chi connectivity index (χ2n) is 4.04. The first-order chi connectivity index (χ1) is 8.78. The predicted molar refractivity (Wildman–Crippen MR) is 79.0 cm³/mol. The number of hydrogen-bond acceptors (Lipinski definition) is 4. The van der Waals surface area contributed by atoms with Crippen LogP contribution in [0, 0.1) is 0 Å². The van der Waals surface area contributed by atoms with Gasteiger partial charge in [-0.15, -0.1) is 0 Å². The van der Waals surface area contributed by atoms with E-state index in [1.807, 2.05) is 30.0 Å². The highest BCUT2D eigenvalue weighted by Crippen LogP contribution is 2.35. The van der Waals surface area contributed by atoms with Crippen LogP contribution in [0.3, 0.4) is 0 Å². The van der Waals surface area contributed by atoms with E-state index in [2.05, 4.69) is 18.5 Å². The molecular weight excluding hydrogens is 246 g/mol. The first-order valence-corrected chi connectivity index (χ1v) is 7.61. The van der Waals surface area contributed by atoms with Crippen LogP contribution in [0.25, 0.3) is 0 Å². The quantitative estimate of drug-likeness (QED) is 0.785. The van der Waals surface area contributed by atoms with Crippen molar-refractivity contribution >= 4 is 11.8 Å². The van der Waals surface area contributed by atoms with Gasteiger partial charge in [0.1, 0.15) is 11.5 Å². The molecule has 0 heterocycles. The number of thioether (sulfide) groups is 1. The Balaban J connectivity index is 3.06. The summed E-state index contributed by atoms with van der Waals surface area (Å²) < 4.78 is 10.9. The first kappa shape index (κ1) is 15.2. The number of hydrogen-bond donors (Lipinski definition) is 1. The van der Waals surface area contributed by atoms with Gasteiger partial charge < -0.3 is 14.8 Å². The van der Waals surface area contributed by atoms with E-state index in [0.29, 0.717) is 0 Å². The summed E-state index contributed by atoms with van der Waals surface area (Å²) in [4.78, 5) is 0. The van der Waals surface area contributed by atoms with E-state index >= 15 is 0 Å². The lowest BCUT2D eigenvalue weighted by atomic mass is 10.1. The Morgan fingerprint density at radius 2 is 1.83 bits per heavy atom. The Kier molecular flexibility index (Phi) is 6.98. The van der Waals surface area contributed by atoms with E-state index in [1.54, 1.807) is 14.2 Å². The van der Waals surface area contributed by atoms with Crippen molar-refractivity contribution in [3.8, 4) is 11.5 Å². The van der Waals surface area contributed by atoms with Crippen molar-refractivity contribution in [3.63, 3.8) is 0 Å². The molecule has 102 valence electrons. The van der Waals surface area contributed by atoms with Crippen molar-refractivity contribution in [3.05, 3.63) is 23.8 Å². The van der Waals surface area contributed by atoms with Gasteiger partial charge in [-0.2, -0.15) is 11.8 Å². The highest BCUT2D eigenvalue weighted by atomic mass is 32.2. The number of methoxy groups -OCH3 is 2. The van der Waals surface area contributed by atoms with Gasteiger partial charge in [-0.3, -0.25) is 0 Å². The molecule has 1 N–H and O–H groups in total. The van der Waals surface area contributed by atoms with Crippen LogP contribution in [0.2, 0.25) is 0 Å². The smallest absolute Gasteiger partial charge is 0.127 e. The maximum atomic E-state index is 5.47. The Morgan fingerprint density at radius 1 is 1.22 bits per heavy atom. The summed E-state index contributed by atoms with van der Waals surface area (Å²) in [7, 11) is 3.41. The van der Waals surface area contributed by atoms with Crippen molar-refractivity contribution in [1.29, 1.82) is 0 Å². The second kappa shape index (κ2) is 8.27. The fourth-order valence-corrected chi connectivity index (χ4v) is 2.57. The molecule has 0 aliphatic carbocycles. The second-order valence-corrected chi connectivity index (χ2v) is 4.95. The normalized spacial score (nSPS) is 12.2.